The van der Waals surface area contributed by atoms with Gasteiger partial charge in [0.25, 0.3) is 5.56 Å². The smallest absolute Gasteiger partial charge is 0.267 e. The summed E-state index contributed by atoms with van der Waals surface area (Å²) in [7, 11) is 0. The first kappa shape index (κ1) is 19.4. The number of benzene rings is 2. The lowest BCUT2D eigenvalue weighted by Gasteiger charge is -2.06. The summed E-state index contributed by atoms with van der Waals surface area (Å²) in [5.74, 6) is 0. The molecule has 0 aliphatic rings. The minimum absolute atomic E-state index is 0.0686. The van der Waals surface area contributed by atoms with Crippen molar-refractivity contribution in [3.63, 3.8) is 0 Å². The van der Waals surface area contributed by atoms with Crippen LogP contribution in [0.15, 0.2) is 41.2 Å². The molecule has 0 spiro atoms. The van der Waals surface area contributed by atoms with E-state index in [1.165, 1.54) is 15.9 Å². The van der Waals surface area contributed by atoms with E-state index in [0.717, 1.165) is 27.8 Å². The fraction of sp³-hybridized carbons (Fsp3) is 0.174. The van der Waals surface area contributed by atoms with Gasteiger partial charge in [0.2, 0.25) is 0 Å². The van der Waals surface area contributed by atoms with E-state index >= 15 is 0 Å². The van der Waals surface area contributed by atoms with Crippen LogP contribution >= 0.6 is 11.3 Å². The van der Waals surface area contributed by atoms with Gasteiger partial charge in [-0.05, 0) is 68.2 Å². The Morgan fingerprint density at radius 1 is 0.964 bits per heavy atom. The number of nitrogens with zero attached hydrogens (tertiary/aromatic N) is 3. The first-order valence-electron chi connectivity index (χ1n) is 8.78. The Hall–Kier alpha value is -3.41. The minimum atomic E-state index is -0.229. The molecule has 0 bridgehead atoms. The van der Waals surface area contributed by atoms with E-state index in [-0.39, 0.29) is 11.1 Å². The molecule has 0 saturated heterocycles. The molecular weight excluding hydrogens is 366 g/mol. The average molecular weight is 385 g/mol. The van der Waals surface area contributed by atoms with Crippen LogP contribution in [0.4, 0.5) is 0 Å². The summed E-state index contributed by atoms with van der Waals surface area (Å²) in [5, 5.41) is 18.8. The Labute approximate surface area is 167 Å². The van der Waals surface area contributed by atoms with Crippen LogP contribution in [0.2, 0.25) is 0 Å². The van der Waals surface area contributed by atoms with Crippen LogP contribution in [0.3, 0.4) is 0 Å². The molecule has 3 rings (SSSR count). The van der Waals surface area contributed by atoms with Gasteiger partial charge >= 0.3 is 0 Å². The Morgan fingerprint density at radius 2 is 1.64 bits per heavy atom. The molecule has 0 fully saturated rings. The van der Waals surface area contributed by atoms with Gasteiger partial charge in [-0.2, -0.15) is 10.5 Å². The van der Waals surface area contributed by atoms with Gasteiger partial charge in [0.15, 0.2) is 5.57 Å². The summed E-state index contributed by atoms with van der Waals surface area (Å²) in [6, 6.07) is 15.6. The second-order valence-electron chi connectivity index (χ2n) is 6.78. The van der Waals surface area contributed by atoms with Crippen molar-refractivity contribution >= 4 is 23.0 Å². The first-order valence-corrected chi connectivity index (χ1v) is 9.60. The minimum Gasteiger partial charge on any atom is -0.267 e. The predicted molar refractivity (Wildman–Crippen MR) is 113 cm³/mol. The van der Waals surface area contributed by atoms with Gasteiger partial charge < -0.3 is 0 Å². The standard InChI is InChI=1S/C23H19N3OS/c1-14-5-6-16(3)18(9-14)11-21-22(27)26(23(28-21)19(12-24)13-25)20-8-7-15(2)17(4)10-20/h5-11H,1-4H3/b21-11-. The van der Waals surface area contributed by atoms with E-state index in [0.29, 0.717) is 14.9 Å². The largest absolute Gasteiger partial charge is 0.273 e. The maximum absolute atomic E-state index is 13.2. The molecule has 0 aliphatic carbocycles. The van der Waals surface area contributed by atoms with Gasteiger partial charge in [-0.25, -0.2) is 0 Å². The number of rotatable bonds is 2. The zero-order chi connectivity index (χ0) is 20.4. The molecule has 0 radical (unpaired) electrons. The van der Waals surface area contributed by atoms with Gasteiger partial charge in [0.05, 0.1) is 10.2 Å². The highest BCUT2D eigenvalue weighted by Crippen LogP contribution is 2.13. The third-order valence-corrected chi connectivity index (χ3v) is 5.82. The fourth-order valence-corrected chi connectivity index (χ4v) is 3.97. The van der Waals surface area contributed by atoms with E-state index in [2.05, 4.69) is 0 Å². The lowest BCUT2D eigenvalue weighted by Crippen LogP contribution is -2.30. The molecule has 3 aromatic rings. The van der Waals surface area contributed by atoms with Crippen molar-refractivity contribution in [3.05, 3.63) is 83.8 Å². The molecule has 0 N–H and O–H groups in total. The summed E-state index contributed by atoms with van der Waals surface area (Å²) < 4.78 is 2.32. The number of aryl methyl sites for hydroxylation is 4. The SMILES string of the molecule is Cc1ccc(C)c(/C=c2\sc(=C(C#N)C#N)n(-c3ccc(C)c(C)c3)c2=O)c1. The van der Waals surface area contributed by atoms with Crippen LogP contribution in [0.5, 0.6) is 0 Å². The van der Waals surface area contributed by atoms with Gasteiger partial charge in [-0.15, -0.1) is 11.3 Å². The number of aromatic nitrogens is 1. The zero-order valence-electron chi connectivity index (χ0n) is 16.2. The van der Waals surface area contributed by atoms with E-state index in [9.17, 15) is 15.3 Å². The maximum atomic E-state index is 13.2. The van der Waals surface area contributed by atoms with E-state index in [4.69, 9.17) is 0 Å². The van der Waals surface area contributed by atoms with Crippen molar-refractivity contribution in [2.45, 2.75) is 27.7 Å². The second-order valence-corrected chi connectivity index (χ2v) is 7.81. The molecule has 1 aromatic heterocycles. The third kappa shape index (κ3) is 3.53. The third-order valence-electron chi connectivity index (χ3n) is 4.73. The van der Waals surface area contributed by atoms with Crippen LogP contribution in [0.25, 0.3) is 17.3 Å². The molecule has 0 unspecified atom stereocenters. The van der Waals surface area contributed by atoms with Crippen LogP contribution in [0.1, 0.15) is 27.8 Å². The predicted octanol–water partition coefficient (Wildman–Crippen LogP) is 3.16. The van der Waals surface area contributed by atoms with Crippen molar-refractivity contribution in [3.8, 4) is 17.8 Å². The maximum Gasteiger partial charge on any atom is 0.273 e. The van der Waals surface area contributed by atoms with Crippen LogP contribution in [-0.4, -0.2) is 4.57 Å². The molecule has 4 nitrogen and oxygen atoms in total. The Bertz CT molecular complexity index is 1330. The van der Waals surface area contributed by atoms with E-state index < -0.39 is 0 Å². The first-order chi connectivity index (χ1) is 13.3. The second kappa shape index (κ2) is 7.68. The molecule has 0 aliphatic heterocycles. The molecule has 28 heavy (non-hydrogen) atoms. The Morgan fingerprint density at radius 3 is 2.29 bits per heavy atom. The summed E-state index contributed by atoms with van der Waals surface area (Å²) in [6.45, 7) is 7.96. The van der Waals surface area contributed by atoms with E-state index in [1.807, 2.05) is 82.3 Å². The highest BCUT2D eigenvalue weighted by molar-refractivity contribution is 7.07. The number of thiazole rings is 1. The van der Waals surface area contributed by atoms with Crippen LogP contribution < -0.4 is 14.8 Å². The normalized spacial score (nSPS) is 11.1. The van der Waals surface area contributed by atoms with Crippen LogP contribution in [-0.2, 0) is 0 Å². The fourth-order valence-electron chi connectivity index (χ4n) is 2.93. The van der Waals surface area contributed by atoms with Crippen molar-refractivity contribution in [1.29, 1.82) is 10.5 Å². The van der Waals surface area contributed by atoms with Crippen molar-refractivity contribution in [2.24, 2.45) is 0 Å². The van der Waals surface area contributed by atoms with Gasteiger partial charge in [0, 0.05) is 0 Å². The Kier molecular flexibility index (Phi) is 5.31. The average Bonchev–Trinajstić information content (AvgIpc) is 2.98. The lowest BCUT2D eigenvalue weighted by molar-refractivity contribution is 0.983. The van der Waals surface area contributed by atoms with Gasteiger partial charge in [0.1, 0.15) is 16.8 Å². The Balaban J connectivity index is 2.43. The molecule has 1 heterocycles. The van der Waals surface area contributed by atoms with Crippen molar-refractivity contribution in [1.82, 2.24) is 4.57 Å². The molecule has 0 amide bonds. The van der Waals surface area contributed by atoms with Gasteiger partial charge in [-0.3, -0.25) is 9.36 Å². The summed E-state index contributed by atoms with van der Waals surface area (Å²) in [5.41, 5.74) is 5.62. The summed E-state index contributed by atoms with van der Waals surface area (Å²) in [4.78, 5) is 13.2. The number of hydrogen-bond donors (Lipinski definition) is 0. The van der Waals surface area contributed by atoms with Crippen molar-refractivity contribution in [2.75, 3.05) is 0 Å². The molecule has 138 valence electrons. The molecule has 2 aromatic carbocycles. The highest BCUT2D eigenvalue weighted by atomic mass is 32.1. The van der Waals surface area contributed by atoms with Crippen LogP contribution in [0, 0.1) is 50.4 Å². The monoisotopic (exact) mass is 385 g/mol. The quantitative estimate of drug-likeness (QED) is 0.680. The zero-order valence-corrected chi connectivity index (χ0v) is 17.0. The molecule has 0 saturated carbocycles. The molecule has 5 heteroatoms. The summed E-state index contributed by atoms with van der Waals surface area (Å²) in [6.07, 6.45) is 1.84. The topological polar surface area (TPSA) is 69.6 Å². The summed E-state index contributed by atoms with van der Waals surface area (Å²) >= 11 is 1.17. The molecule has 0 atom stereocenters. The number of nitriles is 2. The van der Waals surface area contributed by atoms with Gasteiger partial charge in [-0.1, -0.05) is 29.8 Å². The highest BCUT2D eigenvalue weighted by Gasteiger charge is 2.12. The number of hydrogen-bond acceptors (Lipinski definition) is 4. The van der Waals surface area contributed by atoms with E-state index in [1.54, 1.807) is 0 Å². The lowest BCUT2D eigenvalue weighted by atomic mass is 10.1. The van der Waals surface area contributed by atoms with Crippen molar-refractivity contribution < 1.29 is 0 Å². The molecular formula is C23H19N3OS.